The molecule has 0 aromatic rings. The van der Waals surface area contributed by atoms with E-state index in [1.807, 2.05) is 0 Å². The number of hydrogen-bond donors (Lipinski definition) is 1. The van der Waals surface area contributed by atoms with Crippen molar-refractivity contribution in [3.63, 3.8) is 0 Å². The molecule has 0 aliphatic heterocycles. The Hall–Kier alpha value is -0.0800. The second kappa shape index (κ2) is 7.26. The molecule has 2 fully saturated rings. The van der Waals surface area contributed by atoms with E-state index in [4.69, 9.17) is 4.74 Å². The van der Waals surface area contributed by atoms with Gasteiger partial charge >= 0.3 is 0 Å². The van der Waals surface area contributed by atoms with Crippen molar-refractivity contribution in [2.75, 3.05) is 6.61 Å². The molecule has 0 heterocycles. The Morgan fingerprint density at radius 3 is 2.35 bits per heavy atom. The summed E-state index contributed by atoms with van der Waals surface area (Å²) in [5.74, 6) is 1.01. The molecule has 3 atom stereocenters. The van der Waals surface area contributed by atoms with E-state index in [0.29, 0.717) is 17.6 Å². The number of rotatable bonds is 7. The van der Waals surface area contributed by atoms with Gasteiger partial charge in [0.15, 0.2) is 0 Å². The highest BCUT2D eigenvalue weighted by Crippen LogP contribution is 2.46. The van der Waals surface area contributed by atoms with Crippen LogP contribution in [0.4, 0.5) is 0 Å². The Bertz CT molecular complexity index is 285. The van der Waals surface area contributed by atoms with Crippen molar-refractivity contribution in [2.24, 2.45) is 11.3 Å². The van der Waals surface area contributed by atoms with Crippen LogP contribution in [0.3, 0.4) is 0 Å². The zero-order valence-corrected chi connectivity index (χ0v) is 14.1. The van der Waals surface area contributed by atoms with Gasteiger partial charge in [0.25, 0.3) is 0 Å². The topological polar surface area (TPSA) is 21.3 Å². The highest BCUT2D eigenvalue weighted by atomic mass is 16.5. The maximum atomic E-state index is 5.91. The SMILES string of the molecule is CCCC1CCC(NC2CC(OCC)C2(C)CC)CC1. The molecule has 3 unspecified atom stereocenters. The van der Waals surface area contributed by atoms with E-state index in [0.717, 1.165) is 18.6 Å². The third-order valence-electron chi connectivity index (χ3n) is 6.09. The lowest BCUT2D eigenvalue weighted by Crippen LogP contribution is -2.64. The molecule has 20 heavy (non-hydrogen) atoms. The first-order chi connectivity index (χ1) is 9.63. The quantitative estimate of drug-likeness (QED) is 0.740. The summed E-state index contributed by atoms with van der Waals surface area (Å²) in [7, 11) is 0. The summed E-state index contributed by atoms with van der Waals surface area (Å²) in [6.45, 7) is 10.0. The maximum Gasteiger partial charge on any atom is 0.0658 e. The van der Waals surface area contributed by atoms with Gasteiger partial charge in [0.2, 0.25) is 0 Å². The van der Waals surface area contributed by atoms with Gasteiger partial charge in [-0.1, -0.05) is 33.6 Å². The summed E-state index contributed by atoms with van der Waals surface area (Å²) in [6.07, 6.45) is 11.4. The Morgan fingerprint density at radius 1 is 1.10 bits per heavy atom. The Balaban J connectivity index is 1.77. The summed E-state index contributed by atoms with van der Waals surface area (Å²) >= 11 is 0. The summed E-state index contributed by atoms with van der Waals surface area (Å²) in [4.78, 5) is 0. The summed E-state index contributed by atoms with van der Waals surface area (Å²) < 4.78 is 5.91. The highest BCUT2D eigenvalue weighted by Gasteiger charge is 2.51. The van der Waals surface area contributed by atoms with Crippen LogP contribution in [0, 0.1) is 11.3 Å². The minimum Gasteiger partial charge on any atom is -0.378 e. The van der Waals surface area contributed by atoms with Crippen LogP contribution in [0.5, 0.6) is 0 Å². The smallest absolute Gasteiger partial charge is 0.0658 e. The molecule has 2 nitrogen and oxygen atoms in total. The Kier molecular flexibility index (Phi) is 5.92. The number of hydrogen-bond acceptors (Lipinski definition) is 2. The normalized spacial score (nSPS) is 41.4. The van der Waals surface area contributed by atoms with Crippen molar-refractivity contribution in [3.05, 3.63) is 0 Å². The molecule has 1 N–H and O–H groups in total. The minimum absolute atomic E-state index is 0.357. The lowest BCUT2D eigenvalue weighted by Gasteiger charge is -2.55. The maximum absolute atomic E-state index is 5.91. The van der Waals surface area contributed by atoms with Crippen molar-refractivity contribution in [1.82, 2.24) is 5.32 Å². The fourth-order valence-electron chi connectivity index (χ4n) is 4.32. The standard InChI is InChI=1S/C18H35NO/c1-5-8-14-9-11-15(12-10-14)19-16-13-17(20-7-3)18(16,4)6-2/h14-17,19H,5-13H2,1-4H3. The fourth-order valence-corrected chi connectivity index (χ4v) is 4.32. The van der Waals surface area contributed by atoms with Gasteiger partial charge in [-0.3, -0.25) is 0 Å². The third kappa shape index (κ3) is 3.39. The monoisotopic (exact) mass is 281 g/mol. The van der Waals surface area contributed by atoms with Crippen LogP contribution in [0.15, 0.2) is 0 Å². The van der Waals surface area contributed by atoms with Crippen molar-refractivity contribution < 1.29 is 4.74 Å². The molecular formula is C18H35NO. The van der Waals surface area contributed by atoms with E-state index in [1.165, 1.54) is 51.4 Å². The van der Waals surface area contributed by atoms with Crippen LogP contribution in [-0.4, -0.2) is 24.8 Å². The lowest BCUT2D eigenvalue weighted by atomic mass is 9.61. The lowest BCUT2D eigenvalue weighted by molar-refractivity contribution is -0.129. The predicted octanol–water partition coefficient (Wildman–Crippen LogP) is 4.53. The number of nitrogens with one attached hydrogen (secondary N) is 1. The second-order valence-electron chi connectivity index (χ2n) is 7.26. The van der Waals surface area contributed by atoms with Crippen molar-refractivity contribution in [2.45, 2.75) is 97.2 Å². The zero-order valence-electron chi connectivity index (χ0n) is 14.1. The van der Waals surface area contributed by atoms with Gasteiger partial charge in [-0.2, -0.15) is 0 Å². The first kappa shape index (κ1) is 16.3. The molecule has 0 saturated heterocycles. The molecule has 2 aliphatic carbocycles. The van der Waals surface area contributed by atoms with Crippen LogP contribution in [0.25, 0.3) is 0 Å². The Morgan fingerprint density at radius 2 is 1.80 bits per heavy atom. The predicted molar refractivity (Wildman–Crippen MR) is 86.0 cm³/mol. The van der Waals surface area contributed by atoms with Gasteiger partial charge in [-0.25, -0.2) is 0 Å². The molecule has 0 aromatic heterocycles. The van der Waals surface area contributed by atoms with Crippen molar-refractivity contribution >= 4 is 0 Å². The van der Waals surface area contributed by atoms with Crippen molar-refractivity contribution in [1.29, 1.82) is 0 Å². The zero-order chi connectivity index (χ0) is 14.6. The van der Waals surface area contributed by atoms with Crippen LogP contribution in [-0.2, 0) is 4.74 Å². The molecular weight excluding hydrogens is 246 g/mol. The van der Waals surface area contributed by atoms with Gasteiger partial charge in [-0.15, -0.1) is 0 Å². The van der Waals surface area contributed by atoms with Gasteiger partial charge in [0, 0.05) is 24.1 Å². The molecule has 2 saturated carbocycles. The van der Waals surface area contributed by atoms with Gasteiger partial charge < -0.3 is 10.1 Å². The van der Waals surface area contributed by atoms with Crippen LogP contribution < -0.4 is 5.32 Å². The van der Waals surface area contributed by atoms with Crippen LogP contribution >= 0.6 is 0 Å². The van der Waals surface area contributed by atoms with E-state index in [9.17, 15) is 0 Å². The third-order valence-corrected chi connectivity index (χ3v) is 6.09. The largest absolute Gasteiger partial charge is 0.378 e. The van der Waals surface area contributed by atoms with Crippen LogP contribution in [0.1, 0.15) is 79.1 Å². The molecule has 2 heteroatoms. The first-order valence-electron chi connectivity index (χ1n) is 9.01. The molecule has 2 rings (SSSR count). The average Bonchev–Trinajstić information content (AvgIpc) is 2.47. The summed E-state index contributed by atoms with van der Waals surface area (Å²) in [6, 6.07) is 1.44. The fraction of sp³-hybridized carbons (Fsp3) is 1.00. The van der Waals surface area contributed by atoms with Crippen molar-refractivity contribution in [3.8, 4) is 0 Å². The van der Waals surface area contributed by atoms with E-state index in [-0.39, 0.29) is 0 Å². The Labute approximate surface area is 126 Å². The molecule has 0 aromatic carbocycles. The van der Waals surface area contributed by atoms with Gasteiger partial charge in [0.1, 0.15) is 0 Å². The molecule has 0 spiro atoms. The van der Waals surface area contributed by atoms with Crippen LogP contribution in [0.2, 0.25) is 0 Å². The molecule has 0 radical (unpaired) electrons. The van der Waals surface area contributed by atoms with Gasteiger partial charge in [0.05, 0.1) is 6.10 Å². The molecule has 118 valence electrons. The van der Waals surface area contributed by atoms with E-state index < -0.39 is 0 Å². The van der Waals surface area contributed by atoms with E-state index >= 15 is 0 Å². The highest BCUT2D eigenvalue weighted by molar-refractivity contribution is 5.05. The van der Waals surface area contributed by atoms with E-state index in [1.54, 1.807) is 0 Å². The molecule has 0 amide bonds. The number of ether oxygens (including phenoxy) is 1. The minimum atomic E-state index is 0.357. The van der Waals surface area contributed by atoms with Gasteiger partial charge in [-0.05, 0) is 51.4 Å². The second-order valence-corrected chi connectivity index (χ2v) is 7.26. The average molecular weight is 281 g/mol. The molecule has 0 bridgehead atoms. The molecule has 2 aliphatic rings. The van der Waals surface area contributed by atoms with E-state index in [2.05, 4.69) is 33.0 Å². The summed E-state index contributed by atoms with van der Waals surface area (Å²) in [5, 5.41) is 3.97. The summed E-state index contributed by atoms with van der Waals surface area (Å²) in [5.41, 5.74) is 0.357. The first-order valence-corrected chi connectivity index (χ1v) is 9.01.